The molecule has 34 heavy (non-hydrogen) atoms. The molecule has 0 atom stereocenters. The van der Waals surface area contributed by atoms with E-state index in [4.69, 9.17) is 16.3 Å². The molecule has 0 radical (unpaired) electrons. The molecular weight excluding hydrogens is 502 g/mol. The van der Waals surface area contributed by atoms with E-state index >= 15 is 0 Å². The van der Waals surface area contributed by atoms with Crippen LogP contribution in [-0.4, -0.2) is 70.4 Å². The van der Waals surface area contributed by atoms with Crippen molar-refractivity contribution in [1.82, 2.24) is 13.9 Å². The third-order valence-electron chi connectivity index (χ3n) is 5.31. The number of halogens is 1. The summed E-state index contributed by atoms with van der Waals surface area (Å²) in [6, 6.07) is 13.0. The number of amides is 1. The van der Waals surface area contributed by atoms with Crippen molar-refractivity contribution in [3.8, 4) is 5.75 Å². The Balaban J connectivity index is 1.47. The second-order valence-corrected chi connectivity index (χ2v) is 12.2. The monoisotopic (exact) mass is 529 g/mol. The quantitative estimate of drug-likeness (QED) is 0.446. The van der Waals surface area contributed by atoms with Crippen LogP contribution in [0, 0.1) is 0 Å². The minimum absolute atomic E-state index is 0.0187. The molecule has 186 valence electrons. The highest BCUT2D eigenvalue weighted by atomic mass is 35.5. The number of carbonyl (C=O) groups is 1. The van der Waals surface area contributed by atoms with Crippen LogP contribution in [-0.2, 0) is 31.4 Å². The average Bonchev–Trinajstić information content (AvgIpc) is 3.33. The Morgan fingerprint density at radius 3 is 2.32 bits per heavy atom. The molecule has 1 saturated heterocycles. The second-order valence-electron chi connectivity index (χ2n) is 7.90. The SMILES string of the molecule is CS(=O)(=O)N(CC(=O)NCCOc1ccc(S(=O)(=O)N2CCCC2)cc1)Cc1ccccc1Cl. The zero-order chi connectivity index (χ0) is 24.8. The minimum Gasteiger partial charge on any atom is -0.492 e. The first-order valence-corrected chi connectivity index (χ1v) is 14.4. The molecule has 1 N–H and O–H groups in total. The van der Waals surface area contributed by atoms with E-state index in [1.165, 1.54) is 16.4 Å². The number of benzene rings is 2. The standard InChI is InChI=1S/C22H28ClN3O6S2/c1-33(28,29)26(16-18-6-2-3-7-21(18)23)17-22(27)24-12-15-32-19-8-10-20(11-9-19)34(30,31)25-13-4-5-14-25/h2-3,6-11H,4-5,12-17H2,1H3,(H,24,27). The maximum absolute atomic E-state index is 12.6. The van der Waals surface area contributed by atoms with E-state index in [1.54, 1.807) is 36.4 Å². The van der Waals surface area contributed by atoms with Crippen molar-refractivity contribution in [1.29, 1.82) is 0 Å². The van der Waals surface area contributed by atoms with Gasteiger partial charge in [0.1, 0.15) is 12.4 Å². The van der Waals surface area contributed by atoms with Gasteiger partial charge < -0.3 is 10.1 Å². The lowest BCUT2D eigenvalue weighted by molar-refractivity contribution is -0.121. The van der Waals surface area contributed by atoms with Crippen molar-refractivity contribution in [2.75, 3.05) is 39.0 Å². The third-order valence-corrected chi connectivity index (χ3v) is 8.79. The Morgan fingerprint density at radius 1 is 1.06 bits per heavy atom. The van der Waals surface area contributed by atoms with Gasteiger partial charge in [0.05, 0.1) is 24.2 Å². The number of nitrogens with zero attached hydrogens (tertiary/aromatic N) is 2. The Bertz CT molecular complexity index is 1200. The molecule has 2 aromatic rings. The smallest absolute Gasteiger partial charge is 0.243 e. The summed E-state index contributed by atoms with van der Waals surface area (Å²) in [6.45, 7) is 0.983. The summed E-state index contributed by atoms with van der Waals surface area (Å²) < 4.78 is 57.4. The van der Waals surface area contributed by atoms with Crippen LogP contribution in [0.4, 0.5) is 0 Å². The van der Waals surface area contributed by atoms with Gasteiger partial charge in [0.25, 0.3) is 0 Å². The summed E-state index contributed by atoms with van der Waals surface area (Å²) in [7, 11) is -7.12. The lowest BCUT2D eigenvalue weighted by atomic mass is 10.2. The van der Waals surface area contributed by atoms with Crippen molar-refractivity contribution < 1.29 is 26.4 Å². The third kappa shape index (κ3) is 7.16. The molecular formula is C22H28ClN3O6S2. The highest BCUT2D eigenvalue weighted by Gasteiger charge is 2.27. The van der Waals surface area contributed by atoms with E-state index in [0.717, 1.165) is 23.4 Å². The molecule has 0 unspecified atom stereocenters. The predicted molar refractivity (Wildman–Crippen MR) is 130 cm³/mol. The number of ether oxygens (including phenoxy) is 1. The first-order valence-electron chi connectivity index (χ1n) is 10.8. The molecule has 1 aliphatic rings. The fourth-order valence-corrected chi connectivity index (χ4v) is 5.91. The fourth-order valence-electron chi connectivity index (χ4n) is 3.47. The van der Waals surface area contributed by atoms with Gasteiger partial charge >= 0.3 is 0 Å². The first-order chi connectivity index (χ1) is 16.1. The number of rotatable bonds is 11. The number of sulfonamides is 2. The van der Waals surface area contributed by atoms with Crippen molar-refractivity contribution >= 4 is 37.6 Å². The number of hydrogen-bond donors (Lipinski definition) is 1. The van der Waals surface area contributed by atoms with Crippen LogP contribution in [0.15, 0.2) is 53.4 Å². The number of nitrogens with one attached hydrogen (secondary N) is 1. The molecule has 1 amide bonds. The minimum atomic E-state index is -3.64. The Kier molecular flexibility index (Phi) is 8.94. The van der Waals surface area contributed by atoms with Crippen molar-refractivity contribution in [3.63, 3.8) is 0 Å². The largest absolute Gasteiger partial charge is 0.492 e. The van der Waals surface area contributed by atoms with Gasteiger partial charge in [-0.25, -0.2) is 16.8 Å². The van der Waals surface area contributed by atoms with Gasteiger partial charge in [-0.2, -0.15) is 8.61 Å². The van der Waals surface area contributed by atoms with Crippen molar-refractivity contribution in [3.05, 3.63) is 59.1 Å². The van der Waals surface area contributed by atoms with Crippen LogP contribution in [0.3, 0.4) is 0 Å². The van der Waals surface area contributed by atoms with Gasteiger partial charge in [-0.1, -0.05) is 29.8 Å². The Morgan fingerprint density at radius 2 is 1.71 bits per heavy atom. The van der Waals surface area contributed by atoms with Crippen molar-refractivity contribution in [2.45, 2.75) is 24.3 Å². The van der Waals surface area contributed by atoms with E-state index < -0.39 is 26.0 Å². The summed E-state index contributed by atoms with van der Waals surface area (Å²) in [5.41, 5.74) is 0.598. The Labute approximate surface area is 205 Å². The molecule has 0 spiro atoms. The number of hydrogen-bond acceptors (Lipinski definition) is 6. The van der Waals surface area contributed by atoms with Crippen LogP contribution in [0.1, 0.15) is 18.4 Å². The summed E-state index contributed by atoms with van der Waals surface area (Å²) in [4.78, 5) is 12.5. The zero-order valence-corrected chi connectivity index (χ0v) is 21.2. The van der Waals surface area contributed by atoms with Crippen LogP contribution in [0.5, 0.6) is 5.75 Å². The van der Waals surface area contributed by atoms with E-state index in [-0.39, 0.29) is 31.1 Å². The summed E-state index contributed by atoms with van der Waals surface area (Å²) in [6.07, 6.45) is 2.77. The topological polar surface area (TPSA) is 113 Å². The van der Waals surface area contributed by atoms with Gasteiger partial charge in [0.15, 0.2) is 0 Å². The van der Waals surface area contributed by atoms with Crippen LogP contribution < -0.4 is 10.1 Å². The van der Waals surface area contributed by atoms with E-state index in [9.17, 15) is 21.6 Å². The van der Waals surface area contributed by atoms with E-state index in [2.05, 4.69) is 5.32 Å². The van der Waals surface area contributed by atoms with E-state index in [0.29, 0.717) is 29.4 Å². The van der Waals surface area contributed by atoms with Gasteiger partial charge in [0.2, 0.25) is 26.0 Å². The molecule has 2 aromatic carbocycles. The van der Waals surface area contributed by atoms with Gasteiger partial charge in [-0.05, 0) is 48.7 Å². The zero-order valence-electron chi connectivity index (χ0n) is 18.8. The lowest BCUT2D eigenvalue weighted by Gasteiger charge is -2.20. The summed E-state index contributed by atoms with van der Waals surface area (Å²) >= 11 is 6.11. The van der Waals surface area contributed by atoms with Crippen molar-refractivity contribution in [2.24, 2.45) is 0 Å². The molecule has 9 nitrogen and oxygen atoms in total. The maximum Gasteiger partial charge on any atom is 0.243 e. The van der Waals surface area contributed by atoms with Crippen LogP contribution in [0.25, 0.3) is 0 Å². The highest BCUT2D eigenvalue weighted by Crippen LogP contribution is 2.23. The molecule has 3 rings (SSSR count). The Hall–Kier alpha value is -2.18. The molecule has 0 aliphatic carbocycles. The molecule has 0 bridgehead atoms. The molecule has 1 fully saturated rings. The first kappa shape index (κ1) is 26.4. The summed E-state index contributed by atoms with van der Waals surface area (Å²) in [5.74, 6) is -0.0146. The lowest BCUT2D eigenvalue weighted by Crippen LogP contribution is -2.41. The van der Waals surface area contributed by atoms with Gasteiger partial charge in [-0.15, -0.1) is 0 Å². The fraction of sp³-hybridized carbons (Fsp3) is 0.409. The number of carbonyl (C=O) groups excluding carboxylic acids is 1. The highest BCUT2D eigenvalue weighted by molar-refractivity contribution is 7.89. The molecule has 12 heteroatoms. The summed E-state index contributed by atoms with van der Waals surface area (Å²) in [5, 5.41) is 3.04. The van der Waals surface area contributed by atoms with Gasteiger partial charge in [-0.3, -0.25) is 4.79 Å². The second kappa shape index (κ2) is 11.5. The molecule has 1 heterocycles. The maximum atomic E-state index is 12.6. The molecule has 0 aromatic heterocycles. The normalized spacial score (nSPS) is 14.9. The molecule has 0 saturated carbocycles. The van der Waals surface area contributed by atoms with Crippen LogP contribution >= 0.6 is 11.6 Å². The molecule has 1 aliphatic heterocycles. The average molecular weight is 530 g/mol. The van der Waals surface area contributed by atoms with E-state index in [1.807, 2.05) is 0 Å². The predicted octanol–water partition coefficient (Wildman–Crippen LogP) is 2.08. The van der Waals surface area contributed by atoms with Gasteiger partial charge in [0, 0.05) is 24.7 Å². The van der Waals surface area contributed by atoms with Crippen LogP contribution in [0.2, 0.25) is 5.02 Å².